The Labute approximate surface area is 185 Å². The first-order valence-corrected chi connectivity index (χ1v) is 10.0. The fraction of sp³-hybridized carbons (Fsp3) is 0.0769. The Hall–Kier alpha value is -4.32. The van der Waals surface area contributed by atoms with Crippen molar-refractivity contribution in [1.29, 1.82) is 0 Å². The third kappa shape index (κ3) is 4.87. The molecule has 0 aromatic heterocycles. The molecule has 160 valence electrons. The molecule has 32 heavy (non-hydrogen) atoms. The van der Waals surface area contributed by atoms with Crippen molar-refractivity contribution in [3.05, 3.63) is 102 Å². The summed E-state index contributed by atoms with van der Waals surface area (Å²) in [5.74, 6) is 0.569. The average molecular weight is 426 g/mol. The average Bonchev–Trinajstić information content (AvgIpc) is 2.83. The maximum Gasteiger partial charge on any atom is 0.275 e. The summed E-state index contributed by atoms with van der Waals surface area (Å²) in [5.41, 5.74) is 4.38. The molecule has 0 saturated carbocycles. The van der Waals surface area contributed by atoms with Crippen molar-refractivity contribution in [2.24, 2.45) is 5.10 Å². The highest BCUT2D eigenvalue weighted by Crippen LogP contribution is 2.28. The van der Waals surface area contributed by atoms with E-state index in [-0.39, 0.29) is 11.3 Å². The summed E-state index contributed by atoms with van der Waals surface area (Å²) in [4.78, 5) is 12.5. The van der Waals surface area contributed by atoms with Crippen LogP contribution in [0.15, 0.2) is 90.0 Å². The van der Waals surface area contributed by atoms with Gasteiger partial charge < -0.3 is 14.6 Å². The second kappa shape index (κ2) is 9.66. The molecule has 0 spiro atoms. The number of amides is 1. The van der Waals surface area contributed by atoms with Gasteiger partial charge in [0.2, 0.25) is 0 Å². The third-order valence-electron chi connectivity index (χ3n) is 4.91. The highest BCUT2D eigenvalue weighted by molar-refractivity contribution is 6.01. The lowest BCUT2D eigenvalue weighted by Crippen LogP contribution is -2.17. The number of methoxy groups -OCH3 is 1. The molecule has 4 aromatic rings. The van der Waals surface area contributed by atoms with Crippen molar-refractivity contribution in [3.63, 3.8) is 0 Å². The number of rotatable bonds is 7. The smallest absolute Gasteiger partial charge is 0.275 e. The van der Waals surface area contributed by atoms with Gasteiger partial charge in [-0.15, -0.1) is 0 Å². The number of ether oxygens (including phenoxy) is 2. The summed E-state index contributed by atoms with van der Waals surface area (Å²) in [5, 5.41) is 15.9. The van der Waals surface area contributed by atoms with E-state index in [1.165, 1.54) is 6.21 Å². The molecule has 0 atom stereocenters. The van der Waals surface area contributed by atoms with Crippen molar-refractivity contribution in [2.45, 2.75) is 6.61 Å². The highest BCUT2D eigenvalue weighted by Gasteiger charge is 2.12. The first kappa shape index (κ1) is 20.9. The lowest BCUT2D eigenvalue weighted by Gasteiger charge is -2.11. The number of benzene rings is 4. The zero-order chi connectivity index (χ0) is 22.3. The fourth-order valence-electron chi connectivity index (χ4n) is 3.25. The van der Waals surface area contributed by atoms with Gasteiger partial charge in [-0.25, -0.2) is 5.43 Å². The van der Waals surface area contributed by atoms with Crippen LogP contribution in [0.3, 0.4) is 0 Å². The molecule has 6 heteroatoms. The van der Waals surface area contributed by atoms with Gasteiger partial charge in [0.1, 0.15) is 12.4 Å². The van der Waals surface area contributed by atoms with E-state index in [1.54, 1.807) is 31.4 Å². The predicted molar refractivity (Wildman–Crippen MR) is 124 cm³/mol. The lowest BCUT2D eigenvalue weighted by atomic mass is 10.1. The number of aromatic hydroxyl groups is 1. The topological polar surface area (TPSA) is 80.2 Å². The summed E-state index contributed by atoms with van der Waals surface area (Å²) in [6.07, 6.45) is 1.50. The molecule has 4 rings (SSSR count). The maximum absolute atomic E-state index is 12.5. The van der Waals surface area contributed by atoms with E-state index < -0.39 is 5.91 Å². The highest BCUT2D eigenvalue weighted by atomic mass is 16.5. The van der Waals surface area contributed by atoms with E-state index in [1.807, 2.05) is 60.7 Å². The van der Waals surface area contributed by atoms with Crippen molar-refractivity contribution in [3.8, 4) is 17.2 Å². The van der Waals surface area contributed by atoms with E-state index in [9.17, 15) is 9.90 Å². The minimum Gasteiger partial charge on any atom is -0.507 e. The van der Waals surface area contributed by atoms with Gasteiger partial charge in [-0.05, 0) is 52.2 Å². The van der Waals surface area contributed by atoms with Crippen LogP contribution < -0.4 is 14.9 Å². The van der Waals surface area contributed by atoms with Gasteiger partial charge in [0.05, 0.1) is 18.9 Å². The third-order valence-corrected chi connectivity index (χ3v) is 4.91. The Morgan fingerprint density at radius 1 is 0.938 bits per heavy atom. The number of nitrogens with one attached hydrogen (secondary N) is 1. The fourth-order valence-corrected chi connectivity index (χ4v) is 3.25. The van der Waals surface area contributed by atoms with Crippen LogP contribution in [0.4, 0.5) is 0 Å². The Morgan fingerprint density at radius 2 is 1.66 bits per heavy atom. The number of nitrogens with zero attached hydrogens (tertiary/aromatic N) is 1. The van der Waals surface area contributed by atoms with E-state index in [4.69, 9.17) is 9.47 Å². The van der Waals surface area contributed by atoms with Gasteiger partial charge in [-0.2, -0.15) is 5.10 Å². The van der Waals surface area contributed by atoms with Crippen LogP contribution in [0, 0.1) is 0 Å². The standard InChI is InChI=1S/C26H22N2O4/c1-31-25-13-19(11-12-24(25)32-17-18-7-3-2-4-8-18)16-27-28-26(30)22-14-20-9-5-6-10-21(20)15-23(22)29/h2-16,29H,17H2,1H3,(H,28,30)/b27-16+. The Bertz CT molecular complexity index is 1270. The van der Waals surface area contributed by atoms with E-state index in [0.717, 1.165) is 21.9 Å². The molecule has 0 aliphatic carbocycles. The Balaban J connectivity index is 1.43. The molecule has 1 amide bonds. The minimum absolute atomic E-state index is 0.0991. The van der Waals surface area contributed by atoms with Crippen molar-refractivity contribution >= 4 is 22.9 Å². The molecule has 0 heterocycles. The molecule has 0 saturated heterocycles. The Morgan fingerprint density at radius 3 is 2.41 bits per heavy atom. The molecule has 2 N–H and O–H groups in total. The lowest BCUT2D eigenvalue weighted by molar-refractivity contribution is 0.0952. The monoisotopic (exact) mass is 426 g/mol. The summed E-state index contributed by atoms with van der Waals surface area (Å²) >= 11 is 0. The summed E-state index contributed by atoms with van der Waals surface area (Å²) in [6, 6.07) is 25.9. The molecule has 0 radical (unpaired) electrons. The van der Waals surface area contributed by atoms with Gasteiger partial charge in [0.25, 0.3) is 5.91 Å². The van der Waals surface area contributed by atoms with Gasteiger partial charge in [0.15, 0.2) is 11.5 Å². The number of fused-ring (bicyclic) bond motifs is 1. The van der Waals surface area contributed by atoms with Crippen LogP contribution >= 0.6 is 0 Å². The van der Waals surface area contributed by atoms with Gasteiger partial charge in [-0.1, -0.05) is 54.6 Å². The van der Waals surface area contributed by atoms with Gasteiger partial charge in [-0.3, -0.25) is 4.79 Å². The molecule has 0 fully saturated rings. The second-order valence-electron chi connectivity index (χ2n) is 7.10. The quantitative estimate of drug-likeness (QED) is 0.325. The van der Waals surface area contributed by atoms with Gasteiger partial charge in [0, 0.05) is 0 Å². The van der Waals surface area contributed by atoms with Crippen LogP contribution in [0.1, 0.15) is 21.5 Å². The van der Waals surface area contributed by atoms with E-state index in [0.29, 0.717) is 18.1 Å². The molecule has 6 nitrogen and oxygen atoms in total. The molecule has 4 aromatic carbocycles. The first-order valence-electron chi connectivity index (χ1n) is 10.0. The summed E-state index contributed by atoms with van der Waals surface area (Å²) in [6.45, 7) is 0.427. The summed E-state index contributed by atoms with van der Waals surface area (Å²) < 4.78 is 11.3. The van der Waals surface area contributed by atoms with E-state index in [2.05, 4.69) is 10.5 Å². The number of phenols is 1. The SMILES string of the molecule is COc1cc(/C=N/NC(=O)c2cc3ccccc3cc2O)ccc1OCc1ccccc1. The number of carbonyl (C=O) groups excluding carboxylic acids is 1. The molecule has 0 unspecified atom stereocenters. The molecule has 0 aliphatic rings. The number of phenolic OH excluding ortho intramolecular Hbond substituents is 1. The second-order valence-corrected chi connectivity index (χ2v) is 7.10. The number of hydrazone groups is 1. The van der Waals surface area contributed by atoms with Crippen LogP contribution in [0.25, 0.3) is 10.8 Å². The number of hydrogen-bond donors (Lipinski definition) is 2. The number of hydrogen-bond acceptors (Lipinski definition) is 5. The van der Waals surface area contributed by atoms with E-state index >= 15 is 0 Å². The largest absolute Gasteiger partial charge is 0.507 e. The van der Waals surface area contributed by atoms with Crippen LogP contribution in [0.5, 0.6) is 17.2 Å². The van der Waals surface area contributed by atoms with Gasteiger partial charge >= 0.3 is 0 Å². The molecular weight excluding hydrogens is 404 g/mol. The zero-order valence-electron chi connectivity index (χ0n) is 17.5. The number of carbonyl (C=O) groups is 1. The predicted octanol–water partition coefficient (Wildman–Crippen LogP) is 4.90. The zero-order valence-corrected chi connectivity index (χ0v) is 17.5. The normalized spacial score (nSPS) is 10.9. The first-order chi connectivity index (χ1) is 15.6. The minimum atomic E-state index is -0.501. The van der Waals surface area contributed by atoms with Crippen LogP contribution in [-0.4, -0.2) is 24.3 Å². The van der Waals surface area contributed by atoms with Crippen LogP contribution in [-0.2, 0) is 6.61 Å². The molecular formula is C26H22N2O4. The molecule has 0 bridgehead atoms. The van der Waals surface area contributed by atoms with Crippen molar-refractivity contribution in [2.75, 3.05) is 7.11 Å². The Kier molecular flexibility index (Phi) is 6.32. The maximum atomic E-state index is 12.5. The molecule has 0 aliphatic heterocycles. The van der Waals surface area contributed by atoms with Crippen molar-refractivity contribution in [1.82, 2.24) is 5.43 Å². The van der Waals surface area contributed by atoms with Crippen molar-refractivity contribution < 1.29 is 19.4 Å². The summed E-state index contributed by atoms with van der Waals surface area (Å²) in [7, 11) is 1.57. The van der Waals surface area contributed by atoms with Crippen LogP contribution in [0.2, 0.25) is 0 Å².